The molecule has 1 heterocycles. The maximum absolute atomic E-state index is 11.6. The molecule has 1 unspecified atom stereocenters. The van der Waals surface area contributed by atoms with Crippen LogP contribution < -0.4 is 5.32 Å². The maximum Gasteiger partial charge on any atom is 0.224 e. The molecule has 0 saturated carbocycles. The average Bonchev–Trinajstić information content (AvgIpc) is 2.54. The molecule has 0 spiro atoms. The van der Waals surface area contributed by atoms with Crippen LogP contribution >= 0.6 is 46.7 Å². The molecule has 0 aromatic heterocycles. The van der Waals surface area contributed by atoms with Crippen molar-refractivity contribution in [3.05, 3.63) is 32.7 Å². The Balaban J connectivity index is 2.49. The summed E-state index contributed by atoms with van der Waals surface area (Å²) < 4.78 is 0. The van der Waals surface area contributed by atoms with Crippen LogP contribution in [-0.2, 0) is 9.59 Å². The number of amides is 1. The Kier molecular flexibility index (Phi) is 6.23. The molecule has 22 heavy (non-hydrogen) atoms. The second-order valence-electron chi connectivity index (χ2n) is 4.44. The smallest absolute Gasteiger partial charge is 0.224 e. The van der Waals surface area contributed by atoms with Gasteiger partial charge in [-0.05, 0) is 12.1 Å². The van der Waals surface area contributed by atoms with Gasteiger partial charge in [0.05, 0.1) is 28.3 Å². The van der Waals surface area contributed by atoms with E-state index in [1.54, 1.807) is 12.1 Å². The molecule has 1 aromatic rings. The zero-order chi connectivity index (χ0) is 16.3. The predicted molar refractivity (Wildman–Crippen MR) is 90.8 cm³/mol. The Morgan fingerprint density at radius 2 is 2.00 bits per heavy atom. The molecular formula is C14H13Cl2NO3S2. The molecule has 4 nitrogen and oxygen atoms in total. The lowest BCUT2D eigenvalue weighted by molar-refractivity contribution is -0.120. The molecule has 2 rings (SSSR count). The van der Waals surface area contributed by atoms with E-state index in [0.717, 1.165) is 9.79 Å². The molecule has 0 aliphatic carbocycles. The SMILES string of the molecule is CNC(=O)C/C(C=O)=C1/Sc2c(Cl)ccc(Cl)c2SC1CO. The normalized spacial score (nSPS) is 19.4. The van der Waals surface area contributed by atoms with Crippen molar-refractivity contribution >= 4 is 58.9 Å². The average molecular weight is 378 g/mol. The van der Waals surface area contributed by atoms with Gasteiger partial charge in [0.2, 0.25) is 5.91 Å². The van der Waals surface area contributed by atoms with Crippen LogP contribution in [0.4, 0.5) is 0 Å². The van der Waals surface area contributed by atoms with Crippen LogP contribution in [0.2, 0.25) is 10.0 Å². The number of hydrogen-bond donors (Lipinski definition) is 2. The van der Waals surface area contributed by atoms with Crippen molar-refractivity contribution in [1.29, 1.82) is 0 Å². The van der Waals surface area contributed by atoms with E-state index in [1.807, 2.05) is 0 Å². The van der Waals surface area contributed by atoms with E-state index >= 15 is 0 Å². The number of nitrogens with one attached hydrogen (secondary N) is 1. The Morgan fingerprint density at radius 1 is 1.36 bits per heavy atom. The number of aliphatic hydroxyl groups excluding tert-OH is 1. The van der Waals surface area contributed by atoms with Crippen molar-refractivity contribution in [3.8, 4) is 0 Å². The first kappa shape index (κ1) is 17.7. The minimum Gasteiger partial charge on any atom is -0.395 e. The van der Waals surface area contributed by atoms with Crippen LogP contribution in [0.1, 0.15) is 6.42 Å². The van der Waals surface area contributed by atoms with Gasteiger partial charge in [0.15, 0.2) is 0 Å². The number of carbonyl (C=O) groups excluding carboxylic acids is 2. The van der Waals surface area contributed by atoms with Crippen molar-refractivity contribution in [2.75, 3.05) is 13.7 Å². The first-order chi connectivity index (χ1) is 10.5. The lowest BCUT2D eigenvalue weighted by Crippen LogP contribution is -2.21. The van der Waals surface area contributed by atoms with Crippen molar-refractivity contribution in [2.24, 2.45) is 0 Å². The molecule has 118 valence electrons. The summed E-state index contributed by atoms with van der Waals surface area (Å²) in [5, 5.41) is 12.8. The van der Waals surface area contributed by atoms with E-state index in [1.165, 1.54) is 30.6 Å². The van der Waals surface area contributed by atoms with Crippen molar-refractivity contribution in [1.82, 2.24) is 5.32 Å². The highest BCUT2D eigenvalue weighted by Crippen LogP contribution is 2.53. The molecule has 1 aliphatic heterocycles. The van der Waals surface area contributed by atoms with Crippen LogP contribution in [0.5, 0.6) is 0 Å². The van der Waals surface area contributed by atoms with Gasteiger partial charge in [-0.2, -0.15) is 0 Å². The number of carbonyl (C=O) groups is 2. The molecular weight excluding hydrogens is 365 g/mol. The van der Waals surface area contributed by atoms with Gasteiger partial charge in [-0.3, -0.25) is 9.59 Å². The van der Waals surface area contributed by atoms with Crippen LogP contribution in [-0.4, -0.2) is 36.2 Å². The minimum absolute atomic E-state index is 0.0348. The van der Waals surface area contributed by atoms with E-state index in [-0.39, 0.29) is 24.2 Å². The van der Waals surface area contributed by atoms with Gasteiger partial charge >= 0.3 is 0 Å². The number of benzene rings is 1. The summed E-state index contributed by atoms with van der Waals surface area (Å²) in [6.45, 7) is -0.166. The summed E-state index contributed by atoms with van der Waals surface area (Å²) in [6.07, 6.45) is 0.622. The summed E-state index contributed by atoms with van der Waals surface area (Å²) in [5.41, 5.74) is 0.345. The molecule has 1 aliphatic rings. The lowest BCUT2D eigenvalue weighted by Gasteiger charge is -2.27. The monoisotopic (exact) mass is 377 g/mol. The Hall–Kier alpha value is -0.660. The molecule has 1 atom stereocenters. The summed E-state index contributed by atoms with van der Waals surface area (Å²) in [4.78, 5) is 25.1. The van der Waals surface area contributed by atoms with Gasteiger partial charge < -0.3 is 10.4 Å². The zero-order valence-corrected chi connectivity index (χ0v) is 14.7. The van der Waals surface area contributed by atoms with Gasteiger partial charge in [0.25, 0.3) is 0 Å². The predicted octanol–water partition coefficient (Wildman–Crippen LogP) is 3.14. The van der Waals surface area contributed by atoms with Gasteiger partial charge in [0, 0.05) is 27.3 Å². The number of fused-ring (bicyclic) bond motifs is 1. The molecule has 8 heteroatoms. The van der Waals surface area contributed by atoms with Gasteiger partial charge in [-0.1, -0.05) is 35.0 Å². The van der Waals surface area contributed by atoms with Crippen molar-refractivity contribution < 1.29 is 14.7 Å². The molecule has 0 fully saturated rings. The van der Waals surface area contributed by atoms with E-state index in [4.69, 9.17) is 23.2 Å². The Bertz CT molecular complexity index is 649. The topological polar surface area (TPSA) is 66.4 Å². The second-order valence-corrected chi connectivity index (χ2v) is 7.52. The first-order valence-corrected chi connectivity index (χ1v) is 8.79. The van der Waals surface area contributed by atoms with Crippen LogP contribution in [0, 0.1) is 0 Å². The fourth-order valence-corrected chi connectivity index (χ4v) is 5.23. The van der Waals surface area contributed by atoms with E-state index in [2.05, 4.69) is 5.32 Å². The molecule has 1 amide bonds. The van der Waals surface area contributed by atoms with E-state index in [0.29, 0.717) is 26.8 Å². The highest BCUT2D eigenvalue weighted by atomic mass is 35.5. The Morgan fingerprint density at radius 3 is 2.55 bits per heavy atom. The van der Waals surface area contributed by atoms with Gasteiger partial charge in [-0.25, -0.2) is 0 Å². The Labute approximate surface area is 146 Å². The lowest BCUT2D eigenvalue weighted by atomic mass is 10.1. The number of thioether (sulfide) groups is 2. The summed E-state index contributed by atoms with van der Waals surface area (Å²) in [6, 6.07) is 3.39. The summed E-state index contributed by atoms with van der Waals surface area (Å²) in [5.74, 6) is -0.264. The van der Waals surface area contributed by atoms with E-state index in [9.17, 15) is 14.7 Å². The second kappa shape index (κ2) is 7.75. The van der Waals surface area contributed by atoms with Crippen LogP contribution in [0.25, 0.3) is 0 Å². The van der Waals surface area contributed by atoms with Crippen LogP contribution in [0.3, 0.4) is 0 Å². The molecule has 2 N–H and O–H groups in total. The van der Waals surface area contributed by atoms with Gasteiger partial charge in [-0.15, -0.1) is 11.8 Å². The number of hydrogen-bond acceptors (Lipinski definition) is 5. The van der Waals surface area contributed by atoms with Crippen LogP contribution in [0.15, 0.2) is 32.4 Å². The highest BCUT2D eigenvalue weighted by molar-refractivity contribution is 8.09. The summed E-state index contributed by atoms with van der Waals surface area (Å²) in [7, 11) is 1.51. The standard InChI is InChI=1S/C14H13Cl2NO3S2/c1-17-11(20)4-7(5-18)12-10(6-19)21-13-8(15)2-3-9(16)14(13)22-12/h2-3,5,10,19H,4,6H2,1H3,(H,17,20)/b12-7-. The molecule has 0 radical (unpaired) electrons. The number of aldehydes is 1. The third-order valence-electron chi connectivity index (χ3n) is 3.04. The molecule has 0 bridgehead atoms. The minimum atomic E-state index is -0.349. The number of rotatable bonds is 4. The van der Waals surface area contributed by atoms with E-state index < -0.39 is 0 Å². The zero-order valence-electron chi connectivity index (χ0n) is 11.6. The quantitative estimate of drug-likeness (QED) is 0.623. The molecule has 1 aromatic carbocycles. The third-order valence-corrected chi connectivity index (χ3v) is 6.89. The third kappa shape index (κ3) is 3.63. The summed E-state index contributed by atoms with van der Waals surface area (Å²) >= 11 is 15.0. The fraction of sp³-hybridized carbons (Fsp3) is 0.286. The largest absolute Gasteiger partial charge is 0.395 e. The van der Waals surface area contributed by atoms with Gasteiger partial charge in [0.1, 0.15) is 6.29 Å². The number of halogens is 2. The number of aliphatic hydroxyl groups is 1. The highest BCUT2D eigenvalue weighted by Gasteiger charge is 2.30. The molecule has 0 saturated heterocycles. The van der Waals surface area contributed by atoms with Crippen molar-refractivity contribution in [2.45, 2.75) is 21.5 Å². The maximum atomic E-state index is 11.6. The first-order valence-electron chi connectivity index (χ1n) is 6.34. The van der Waals surface area contributed by atoms with Crippen molar-refractivity contribution in [3.63, 3.8) is 0 Å². The fourth-order valence-electron chi connectivity index (χ4n) is 1.93.